The lowest BCUT2D eigenvalue weighted by molar-refractivity contribution is -0.122. The summed E-state index contributed by atoms with van der Waals surface area (Å²) in [5, 5.41) is 3.80. The molecule has 2 aromatic carbocycles. The number of nitrogens with one attached hydrogen (secondary N) is 2. The third kappa shape index (κ3) is 4.62. The highest BCUT2D eigenvalue weighted by molar-refractivity contribution is 5.82. The first-order valence-corrected chi connectivity index (χ1v) is 9.45. The molecule has 0 saturated heterocycles. The van der Waals surface area contributed by atoms with Gasteiger partial charge in [-0.2, -0.15) is 0 Å². The van der Waals surface area contributed by atoms with E-state index in [2.05, 4.69) is 15.3 Å². The van der Waals surface area contributed by atoms with Gasteiger partial charge in [0.1, 0.15) is 17.1 Å². The largest absolute Gasteiger partial charge is 0.457 e. The molecule has 6 heteroatoms. The van der Waals surface area contributed by atoms with E-state index in [0.29, 0.717) is 18.7 Å². The summed E-state index contributed by atoms with van der Waals surface area (Å²) >= 11 is 0. The molecule has 4 aromatic rings. The molecule has 1 amide bonds. The molecule has 4 N–H and O–H groups in total. The minimum Gasteiger partial charge on any atom is -0.457 e. The molecular formula is C23H22N4O2. The molecule has 4 rings (SSSR count). The van der Waals surface area contributed by atoms with Crippen LogP contribution in [0.3, 0.4) is 0 Å². The highest BCUT2D eigenvalue weighted by Crippen LogP contribution is 2.28. The number of carbonyl (C=O) groups excluding carboxylic acids is 1. The molecule has 1 atom stereocenters. The Morgan fingerprint density at radius 2 is 1.83 bits per heavy atom. The van der Waals surface area contributed by atoms with Gasteiger partial charge in [-0.05, 0) is 41.8 Å². The lowest BCUT2D eigenvalue weighted by Crippen LogP contribution is -2.41. The van der Waals surface area contributed by atoms with Gasteiger partial charge in [-0.25, -0.2) is 4.98 Å². The molecule has 0 fully saturated rings. The van der Waals surface area contributed by atoms with E-state index in [1.165, 1.54) is 0 Å². The second kappa shape index (κ2) is 8.58. The Morgan fingerprint density at radius 3 is 2.62 bits per heavy atom. The van der Waals surface area contributed by atoms with Crippen molar-refractivity contribution < 1.29 is 9.53 Å². The summed E-state index contributed by atoms with van der Waals surface area (Å²) in [6, 6.07) is 20.5. The standard InChI is InChI=1S/C23H22N4O2/c24-20(23(28)27-15-17-4-2-1-3-5-17)14-16-6-8-18(9-7-16)29-21-11-13-26-22-19(21)10-12-25-22/h1-13,20H,14-15,24H2,(H,25,26)(H,27,28). The number of nitrogens with zero attached hydrogens (tertiary/aromatic N) is 1. The smallest absolute Gasteiger partial charge is 0.237 e. The summed E-state index contributed by atoms with van der Waals surface area (Å²) < 4.78 is 5.97. The quantitative estimate of drug-likeness (QED) is 0.453. The number of rotatable bonds is 7. The molecule has 6 nitrogen and oxygen atoms in total. The molecule has 0 saturated carbocycles. The van der Waals surface area contributed by atoms with Crippen LogP contribution in [0.4, 0.5) is 0 Å². The number of fused-ring (bicyclic) bond motifs is 1. The van der Waals surface area contributed by atoms with E-state index in [1.807, 2.05) is 72.9 Å². The molecule has 0 radical (unpaired) electrons. The van der Waals surface area contributed by atoms with E-state index in [9.17, 15) is 4.79 Å². The van der Waals surface area contributed by atoms with Gasteiger partial charge in [-0.1, -0.05) is 42.5 Å². The van der Waals surface area contributed by atoms with E-state index < -0.39 is 6.04 Å². The highest BCUT2D eigenvalue weighted by Gasteiger charge is 2.14. The van der Waals surface area contributed by atoms with Crippen molar-refractivity contribution in [2.24, 2.45) is 5.73 Å². The van der Waals surface area contributed by atoms with Crippen LogP contribution in [0.25, 0.3) is 11.0 Å². The fourth-order valence-corrected chi connectivity index (χ4v) is 3.11. The van der Waals surface area contributed by atoms with E-state index in [-0.39, 0.29) is 5.91 Å². The van der Waals surface area contributed by atoms with Crippen LogP contribution in [0, 0.1) is 0 Å². The van der Waals surface area contributed by atoms with Crippen molar-refractivity contribution in [1.82, 2.24) is 15.3 Å². The number of hydrogen-bond acceptors (Lipinski definition) is 4. The van der Waals surface area contributed by atoms with Crippen LogP contribution >= 0.6 is 0 Å². The number of nitrogens with two attached hydrogens (primary N) is 1. The summed E-state index contributed by atoms with van der Waals surface area (Å²) in [6.07, 6.45) is 3.99. The topological polar surface area (TPSA) is 93.0 Å². The van der Waals surface area contributed by atoms with Gasteiger partial charge >= 0.3 is 0 Å². The lowest BCUT2D eigenvalue weighted by Gasteiger charge is -2.13. The number of ether oxygens (including phenoxy) is 1. The zero-order chi connectivity index (χ0) is 20.1. The Balaban J connectivity index is 1.34. The van der Waals surface area contributed by atoms with Crippen molar-refractivity contribution in [3.8, 4) is 11.5 Å². The molecule has 0 aliphatic heterocycles. The van der Waals surface area contributed by atoms with Crippen molar-refractivity contribution >= 4 is 16.9 Å². The molecular weight excluding hydrogens is 364 g/mol. The van der Waals surface area contributed by atoms with Gasteiger partial charge in [0, 0.05) is 18.9 Å². The zero-order valence-corrected chi connectivity index (χ0v) is 15.8. The summed E-state index contributed by atoms with van der Waals surface area (Å²) in [5.41, 5.74) is 8.87. The molecule has 0 spiro atoms. The molecule has 146 valence electrons. The van der Waals surface area contributed by atoms with Crippen LogP contribution in [0.1, 0.15) is 11.1 Å². The first-order chi connectivity index (χ1) is 14.2. The molecule has 0 aliphatic rings. The average molecular weight is 386 g/mol. The maximum absolute atomic E-state index is 12.3. The molecule has 2 heterocycles. The van der Waals surface area contributed by atoms with Crippen LogP contribution in [-0.4, -0.2) is 21.9 Å². The van der Waals surface area contributed by atoms with Gasteiger partial charge in [-0.3, -0.25) is 4.79 Å². The predicted octanol–water partition coefficient (Wildman–Crippen LogP) is 3.54. The maximum atomic E-state index is 12.3. The van der Waals surface area contributed by atoms with Crippen molar-refractivity contribution in [3.63, 3.8) is 0 Å². The number of benzene rings is 2. The Morgan fingerprint density at radius 1 is 1.03 bits per heavy atom. The van der Waals surface area contributed by atoms with E-state index >= 15 is 0 Å². The third-order valence-corrected chi connectivity index (χ3v) is 4.67. The second-order valence-electron chi connectivity index (χ2n) is 6.81. The predicted molar refractivity (Wildman–Crippen MR) is 113 cm³/mol. The summed E-state index contributed by atoms with van der Waals surface area (Å²) in [4.78, 5) is 19.6. The van der Waals surface area contributed by atoms with E-state index in [1.54, 1.807) is 6.20 Å². The number of aromatic nitrogens is 2. The van der Waals surface area contributed by atoms with Gasteiger partial charge in [0.15, 0.2) is 0 Å². The van der Waals surface area contributed by atoms with Crippen molar-refractivity contribution in [2.45, 2.75) is 19.0 Å². The number of amides is 1. The first-order valence-electron chi connectivity index (χ1n) is 9.45. The molecule has 1 unspecified atom stereocenters. The zero-order valence-electron chi connectivity index (χ0n) is 15.8. The first kappa shape index (κ1) is 18.7. The number of H-pyrrole nitrogens is 1. The summed E-state index contributed by atoms with van der Waals surface area (Å²) in [6.45, 7) is 0.472. The summed E-state index contributed by atoms with van der Waals surface area (Å²) in [7, 11) is 0. The minimum atomic E-state index is -0.606. The maximum Gasteiger partial charge on any atom is 0.237 e. The molecule has 0 bridgehead atoms. The Bertz CT molecular complexity index is 1090. The number of aromatic amines is 1. The Kier molecular flexibility index (Phi) is 5.54. The van der Waals surface area contributed by atoms with Crippen LogP contribution < -0.4 is 15.8 Å². The monoisotopic (exact) mass is 386 g/mol. The number of hydrogen-bond donors (Lipinski definition) is 3. The van der Waals surface area contributed by atoms with Crippen molar-refractivity contribution in [2.75, 3.05) is 0 Å². The highest BCUT2D eigenvalue weighted by atomic mass is 16.5. The minimum absolute atomic E-state index is 0.166. The number of pyridine rings is 1. The second-order valence-corrected chi connectivity index (χ2v) is 6.81. The van der Waals surface area contributed by atoms with Gasteiger partial charge < -0.3 is 20.8 Å². The van der Waals surface area contributed by atoms with Crippen LogP contribution in [0.5, 0.6) is 11.5 Å². The number of carbonyl (C=O) groups is 1. The fraction of sp³-hybridized carbons (Fsp3) is 0.130. The molecule has 29 heavy (non-hydrogen) atoms. The van der Waals surface area contributed by atoms with Gasteiger partial charge in [0.2, 0.25) is 5.91 Å². The SMILES string of the molecule is NC(Cc1ccc(Oc2ccnc3[nH]ccc23)cc1)C(=O)NCc1ccccc1. The third-order valence-electron chi connectivity index (χ3n) is 4.67. The molecule has 2 aromatic heterocycles. The summed E-state index contributed by atoms with van der Waals surface area (Å²) in [5.74, 6) is 1.28. The van der Waals surface area contributed by atoms with E-state index in [0.717, 1.165) is 27.9 Å². The van der Waals surface area contributed by atoms with Crippen molar-refractivity contribution in [1.29, 1.82) is 0 Å². The average Bonchev–Trinajstić information content (AvgIpc) is 3.24. The fourth-order valence-electron chi connectivity index (χ4n) is 3.11. The Labute approximate surface area is 168 Å². The Hall–Kier alpha value is -3.64. The van der Waals surface area contributed by atoms with Crippen LogP contribution in [0.2, 0.25) is 0 Å². The van der Waals surface area contributed by atoms with Crippen LogP contribution in [0.15, 0.2) is 79.1 Å². The van der Waals surface area contributed by atoms with Crippen LogP contribution in [-0.2, 0) is 17.8 Å². The van der Waals surface area contributed by atoms with E-state index in [4.69, 9.17) is 10.5 Å². The molecule has 0 aliphatic carbocycles. The van der Waals surface area contributed by atoms with Gasteiger partial charge in [0.05, 0.1) is 11.4 Å². The van der Waals surface area contributed by atoms with Gasteiger partial charge in [-0.15, -0.1) is 0 Å². The van der Waals surface area contributed by atoms with Crippen molar-refractivity contribution in [3.05, 3.63) is 90.3 Å². The lowest BCUT2D eigenvalue weighted by atomic mass is 10.1. The van der Waals surface area contributed by atoms with Gasteiger partial charge in [0.25, 0.3) is 0 Å². The normalized spacial score (nSPS) is 11.9.